The van der Waals surface area contributed by atoms with E-state index in [9.17, 15) is 19.1 Å². The number of hydrogen-bond donors (Lipinski definition) is 1. The van der Waals surface area contributed by atoms with Crippen LogP contribution in [0.5, 0.6) is 11.5 Å². The van der Waals surface area contributed by atoms with Gasteiger partial charge < -0.3 is 14.6 Å². The van der Waals surface area contributed by atoms with Crippen LogP contribution in [0.2, 0.25) is 0 Å². The monoisotopic (exact) mass is 615 g/mol. The highest BCUT2D eigenvalue weighted by atomic mass is 32.2. The van der Waals surface area contributed by atoms with Gasteiger partial charge in [0.05, 0.1) is 11.6 Å². The van der Waals surface area contributed by atoms with Gasteiger partial charge in [-0.2, -0.15) is 0 Å². The Hall–Kier alpha value is -4.48. The first-order chi connectivity index (χ1) is 20.8. The van der Waals surface area contributed by atoms with Gasteiger partial charge >= 0.3 is 5.91 Å². The second-order valence-electron chi connectivity index (χ2n) is 10.0. The topological polar surface area (TPSA) is 102 Å². The van der Waals surface area contributed by atoms with Crippen LogP contribution in [0.15, 0.2) is 89.3 Å². The van der Waals surface area contributed by atoms with Crippen LogP contribution in [0.4, 0.5) is 9.52 Å². The predicted molar refractivity (Wildman–Crippen MR) is 163 cm³/mol. The summed E-state index contributed by atoms with van der Waals surface area (Å²) >= 11 is 2.38. The van der Waals surface area contributed by atoms with Crippen molar-refractivity contribution in [2.24, 2.45) is 0 Å². The Labute approximate surface area is 255 Å². The van der Waals surface area contributed by atoms with E-state index in [-0.39, 0.29) is 35.0 Å². The fourth-order valence-corrected chi connectivity index (χ4v) is 6.97. The van der Waals surface area contributed by atoms with Crippen molar-refractivity contribution in [3.05, 3.63) is 113 Å². The average Bonchev–Trinajstić information content (AvgIpc) is 3.70. The van der Waals surface area contributed by atoms with Crippen molar-refractivity contribution in [3.63, 3.8) is 0 Å². The lowest BCUT2D eigenvalue weighted by atomic mass is 9.94. The number of halogens is 1. The molecule has 1 saturated heterocycles. The van der Waals surface area contributed by atoms with Gasteiger partial charge in [0, 0.05) is 17.7 Å². The Morgan fingerprint density at radius 3 is 2.84 bits per heavy atom. The van der Waals surface area contributed by atoms with E-state index >= 15 is 0 Å². The van der Waals surface area contributed by atoms with Gasteiger partial charge in [0.15, 0.2) is 4.34 Å². The Morgan fingerprint density at radius 1 is 1.19 bits per heavy atom. The summed E-state index contributed by atoms with van der Waals surface area (Å²) in [5, 5.41) is 20.2. The standard InChI is InChI=1S/C32H26FN3O5S2/c1-3-13-40-23-9-6-8-19(16-23)27-26(28(37)20-11-12-25-22(15-20)14-18(2)41-25)29(38)30(39)36(27)31-34-35-32(43-31)42-17-21-7-4-5-10-24(21)33/h3-12,15-16,18,27,37H,1,13-14,17H2,2H3/b28-26+/t18-,27-/m1/s1. The molecular weight excluding hydrogens is 590 g/mol. The van der Waals surface area contributed by atoms with E-state index in [1.54, 1.807) is 66.7 Å². The number of aliphatic hydroxyl groups is 1. The molecule has 6 rings (SSSR count). The number of carbonyl (C=O) groups excluding carboxylic acids is 2. The van der Waals surface area contributed by atoms with Gasteiger partial charge in [0.2, 0.25) is 5.13 Å². The summed E-state index contributed by atoms with van der Waals surface area (Å²) < 4.78 is 26.2. The fraction of sp³-hybridized carbons (Fsp3) is 0.188. The number of ketones is 1. The van der Waals surface area contributed by atoms with E-state index < -0.39 is 17.7 Å². The number of aliphatic hydroxyl groups excluding tert-OH is 1. The smallest absolute Gasteiger partial charge is 0.301 e. The summed E-state index contributed by atoms with van der Waals surface area (Å²) in [4.78, 5) is 28.5. The highest BCUT2D eigenvalue weighted by Crippen LogP contribution is 2.45. The minimum atomic E-state index is -1.01. The summed E-state index contributed by atoms with van der Waals surface area (Å²) in [6.07, 6.45) is 2.27. The van der Waals surface area contributed by atoms with Crippen LogP contribution >= 0.6 is 23.1 Å². The van der Waals surface area contributed by atoms with E-state index in [0.717, 1.165) is 22.6 Å². The zero-order valence-electron chi connectivity index (χ0n) is 23.0. The minimum absolute atomic E-state index is 0.000802. The van der Waals surface area contributed by atoms with Crippen LogP contribution in [-0.4, -0.2) is 39.7 Å². The molecule has 2 aliphatic rings. The molecule has 8 nitrogen and oxygen atoms in total. The molecule has 3 aromatic carbocycles. The van der Waals surface area contributed by atoms with Crippen molar-refractivity contribution in [1.29, 1.82) is 0 Å². The molecule has 1 aromatic heterocycles. The van der Waals surface area contributed by atoms with Crippen LogP contribution in [0, 0.1) is 5.82 Å². The highest BCUT2D eigenvalue weighted by molar-refractivity contribution is 8.00. The summed E-state index contributed by atoms with van der Waals surface area (Å²) in [6, 6.07) is 17.6. The first kappa shape index (κ1) is 28.6. The van der Waals surface area contributed by atoms with E-state index in [0.29, 0.717) is 39.0 Å². The number of anilines is 1. The Morgan fingerprint density at radius 2 is 2.02 bits per heavy atom. The van der Waals surface area contributed by atoms with E-state index in [2.05, 4.69) is 16.8 Å². The van der Waals surface area contributed by atoms with E-state index in [4.69, 9.17) is 9.47 Å². The molecule has 4 aromatic rings. The van der Waals surface area contributed by atoms with Crippen LogP contribution in [-0.2, 0) is 21.8 Å². The Bertz CT molecular complexity index is 1770. The molecule has 1 N–H and O–H groups in total. The average molecular weight is 616 g/mol. The second-order valence-corrected chi connectivity index (χ2v) is 12.2. The van der Waals surface area contributed by atoms with Gasteiger partial charge in [-0.25, -0.2) is 4.39 Å². The van der Waals surface area contributed by atoms with Crippen molar-refractivity contribution in [2.75, 3.05) is 11.5 Å². The maximum Gasteiger partial charge on any atom is 0.301 e. The lowest BCUT2D eigenvalue weighted by Gasteiger charge is -2.23. The Balaban J connectivity index is 1.40. The number of aromatic nitrogens is 2. The van der Waals surface area contributed by atoms with Crippen molar-refractivity contribution in [1.82, 2.24) is 10.2 Å². The molecule has 0 bridgehead atoms. The molecular formula is C32H26FN3O5S2. The number of amides is 1. The van der Waals surface area contributed by atoms with Gasteiger partial charge in [-0.3, -0.25) is 14.5 Å². The number of nitrogens with zero attached hydrogens (tertiary/aromatic N) is 3. The molecule has 0 radical (unpaired) electrons. The third-order valence-electron chi connectivity index (χ3n) is 7.07. The minimum Gasteiger partial charge on any atom is -0.507 e. The number of hydrogen-bond acceptors (Lipinski definition) is 9. The number of fused-ring (bicyclic) bond motifs is 1. The molecule has 43 heavy (non-hydrogen) atoms. The number of carbonyl (C=O) groups is 2. The zero-order valence-corrected chi connectivity index (χ0v) is 24.7. The summed E-state index contributed by atoms with van der Waals surface area (Å²) in [5.41, 5.74) is 2.28. The summed E-state index contributed by atoms with van der Waals surface area (Å²) in [6.45, 7) is 5.90. The molecule has 0 unspecified atom stereocenters. The molecule has 2 atom stereocenters. The van der Waals surface area contributed by atoms with Crippen LogP contribution in [0.25, 0.3) is 5.76 Å². The van der Waals surface area contributed by atoms with E-state index in [1.807, 2.05) is 6.92 Å². The van der Waals surface area contributed by atoms with Crippen LogP contribution < -0.4 is 14.4 Å². The number of rotatable bonds is 9. The molecule has 3 heterocycles. The lowest BCUT2D eigenvalue weighted by molar-refractivity contribution is -0.132. The third-order valence-corrected chi connectivity index (χ3v) is 9.17. The van der Waals surface area contributed by atoms with E-state index in [1.165, 1.54) is 22.7 Å². The first-order valence-corrected chi connectivity index (χ1v) is 15.3. The molecule has 218 valence electrons. The zero-order chi connectivity index (χ0) is 30.1. The number of ether oxygens (including phenoxy) is 2. The molecule has 1 fully saturated rings. The summed E-state index contributed by atoms with van der Waals surface area (Å²) in [7, 11) is 0. The number of Topliss-reactive ketones (excluding diaryl/α,β-unsaturated/α-hetero) is 1. The van der Waals surface area contributed by atoms with Crippen molar-refractivity contribution >= 4 is 45.7 Å². The molecule has 0 saturated carbocycles. The van der Waals surface area contributed by atoms with Gasteiger partial charge in [-0.1, -0.05) is 66.1 Å². The molecule has 1 amide bonds. The maximum atomic E-state index is 14.1. The highest BCUT2D eigenvalue weighted by Gasteiger charge is 2.48. The normalized spacial score (nSPS) is 18.9. The number of thioether (sulfide) groups is 1. The van der Waals surface area contributed by atoms with Crippen LogP contribution in [0.1, 0.15) is 35.2 Å². The largest absolute Gasteiger partial charge is 0.507 e. The third kappa shape index (κ3) is 5.65. The predicted octanol–water partition coefficient (Wildman–Crippen LogP) is 6.48. The lowest BCUT2D eigenvalue weighted by Crippen LogP contribution is -2.29. The van der Waals surface area contributed by atoms with Crippen molar-refractivity contribution in [2.45, 2.75) is 35.6 Å². The van der Waals surface area contributed by atoms with Crippen molar-refractivity contribution in [3.8, 4) is 11.5 Å². The van der Waals surface area contributed by atoms with Crippen molar-refractivity contribution < 1.29 is 28.6 Å². The SMILES string of the molecule is C=CCOc1cccc([C@@H]2/C(=C(\O)c3ccc4c(c3)C[C@@H](C)O4)C(=O)C(=O)N2c2nnc(SCc3ccccc3F)s2)c1. The Kier molecular flexibility index (Phi) is 8.00. The maximum absolute atomic E-state index is 14.1. The summed E-state index contributed by atoms with van der Waals surface area (Å²) in [5.74, 6) is -0.773. The molecule has 0 spiro atoms. The van der Waals surface area contributed by atoms with Gasteiger partial charge in [0.25, 0.3) is 5.78 Å². The fourth-order valence-electron chi connectivity index (χ4n) is 5.11. The molecule has 11 heteroatoms. The first-order valence-electron chi connectivity index (χ1n) is 13.5. The number of benzene rings is 3. The van der Waals surface area contributed by atoms with Gasteiger partial charge in [-0.15, -0.1) is 10.2 Å². The van der Waals surface area contributed by atoms with Crippen LogP contribution in [0.3, 0.4) is 0 Å². The molecule has 0 aliphatic carbocycles. The second kappa shape index (κ2) is 12.0. The van der Waals surface area contributed by atoms with Gasteiger partial charge in [-0.05, 0) is 60.0 Å². The molecule has 2 aliphatic heterocycles. The quantitative estimate of drug-likeness (QED) is 0.0570. The van der Waals surface area contributed by atoms with Gasteiger partial charge in [0.1, 0.15) is 35.8 Å².